The normalized spacial score (nSPS) is 12.8. The van der Waals surface area contributed by atoms with Crippen LogP contribution in [0.3, 0.4) is 0 Å². The lowest BCUT2D eigenvalue weighted by atomic mass is 10.0. The molecule has 0 aliphatic heterocycles. The molecule has 2 atom stereocenters. The lowest BCUT2D eigenvalue weighted by molar-refractivity contribution is -0.143. The van der Waals surface area contributed by atoms with Crippen LogP contribution >= 0.6 is 0 Å². The highest BCUT2D eigenvalue weighted by Gasteiger charge is 2.18. The highest BCUT2D eigenvalue weighted by atomic mass is 16.5. The monoisotopic (exact) mass is 818 g/mol. The van der Waals surface area contributed by atoms with E-state index < -0.39 is 12.1 Å². The molecule has 6 heteroatoms. The Hall–Kier alpha value is -1.66. The van der Waals surface area contributed by atoms with Gasteiger partial charge < -0.3 is 20.3 Å². The lowest BCUT2D eigenvalue weighted by Gasteiger charge is -2.20. The van der Waals surface area contributed by atoms with Crippen molar-refractivity contribution >= 4 is 11.9 Å². The van der Waals surface area contributed by atoms with Crippen LogP contribution < -0.4 is 5.32 Å². The van der Waals surface area contributed by atoms with Gasteiger partial charge in [-0.2, -0.15) is 0 Å². The molecule has 1 amide bonds. The van der Waals surface area contributed by atoms with Crippen molar-refractivity contribution in [2.75, 3.05) is 13.2 Å². The molecule has 342 valence electrons. The summed E-state index contributed by atoms with van der Waals surface area (Å²) in [5, 5.41) is 23.0. The Morgan fingerprint density at radius 1 is 0.466 bits per heavy atom. The van der Waals surface area contributed by atoms with Crippen LogP contribution in [0.4, 0.5) is 0 Å². The average molecular weight is 818 g/mol. The molecule has 0 aromatic heterocycles. The first kappa shape index (κ1) is 56.3. The smallest absolute Gasteiger partial charge is 0.305 e. The molecule has 3 N–H and O–H groups in total. The quantitative estimate of drug-likeness (QED) is 0.0323. The first-order valence-corrected chi connectivity index (χ1v) is 25.6. The van der Waals surface area contributed by atoms with E-state index in [0.717, 1.165) is 57.8 Å². The molecule has 0 spiro atoms. The van der Waals surface area contributed by atoms with Crippen LogP contribution in [-0.4, -0.2) is 47.4 Å². The van der Waals surface area contributed by atoms with Gasteiger partial charge in [0.05, 0.1) is 25.4 Å². The van der Waals surface area contributed by atoms with E-state index in [-0.39, 0.29) is 18.5 Å². The third kappa shape index (κ3) is 43.9. The Kier molecular flexibility index (Phi) is 46.6. The zero-order valence-corrected chi connectivity index (χ0v) is 38.8. The number of aliphatic hydroxyl groups is 2. The van der Waals surface area contributed by atoms with Gasteiger partial charge in [0.25, 0.3) is 0 Å². The minimum Gasteiger partial charge on any atom is -0.466 e. The molecule has 0 aliphatic carbocycles. The predicted molar refractivity (Wildman–Crippen MR) is 250 cm³/mol. The van der Waals surface area contributed by atoms with Gasteiger partial charge in [-0.1, -0.05) is 224 Å². The SMILES string of the molecule is CCCCCCC/C=C\CCCCCCCC(=O)OCCCCCCCCCCCCCCCCCC(=O)NC(CO)C(O)/C=C/CCCCCCCCCCCC. The van der Waals surface area contributed by atoms with E-state index in [9.17, 15) is 19.8 Å². The van der Waals surface area contributed by atoms with Crippen LogP contribution in [0, 0.1) is 0 Å². The van der Waals surface area contributed by atoms with E-state index in [1.165, 1.54) is 186 Å². The summed E-state index contributed by atoms with van der Waals surface area (Å²) in [6, 6.07) is -0.633. The molecule has 0 heterocycles. The van der Waals surface area contributed by atoms with E-state index >= 15 is 0 Å². The van der Waals surface area contributed by atoms with Gasteiger partial charge in [0, 0.05) is 12.8 Å². The number of carbonyl (C=O) groups excluding carboxylic acids is 2. The van der Waals surface area contributed by atoms with Crippen LogP contribution in [-0.2, 0) is 14.3 Å². The zero-order chi connectivity index (χ0) is 42.3. The molecule has 58 heavy (non-hydrogen) atoms. The molecule has 0 saturated heterocycles. The van der Waals surface area contributed by atoms with Crippen molar-refractivity contribution in [2.45, 2.75) is 283 Å². The largest absolute Gasteiger partial charge is 0.466 e. The number of rotatable bonds is 47. The molecule has 0 radical (unpaired) electrons. The van der Waals surface area contributed by atoms with Crippen molar-refractivity contribution in [1.82, 2.24) is 5.32 Å². The molecule has 0 saturated carbocycles. The third-order valence-electron chi connectivity index (χ3n) is 11.7. The number of ether oxygens (including phenoxy) is 1. The molecular weight excluding hydrogens is 719 g/mol. The summed E-state index contributed by atoms with van der Waals surface area (Å²) in [6.45, 7) is 4.86. The van der Waals surface area contributed by atoms with Gasteiger partial charge in [0.2, 0.25) is 5.91 Å². The number of nitrogens with one attached hydrogen (secondary N) is 1. The van der Waals surface area contributed by atoms with E-state index in [1.807, 2.05) is 6.08 Å². The number of hydrogen-bond acceptors (Lipinski definition) is 5. The van der Waals surface area contributed by atoms with Gasteiger partial charge in [-0.15, -0.1) is 0 Å². The Balaban J connectivity index is 3.46. The number of aliphatic hydroxyl groups excluding tert-OH is 2. The second-order valence-electron chi connectivity index (χ2n) is 17.5. The summed E-state index contributed by atoms with van der Waals surface area (Å²) in [5.41, 5.74) is 0. The summed E-state index contributed by atoms with van der Waals surface area (Å²) in [7, 11) is 0. The zero-order valence-electron chi connectivity index (χ0n) is 38.8. The topological polar surface area (TPSA) is 95.9 Å². The second-order valence-corrected chi connectivity index (χ2v) is 17.5. The fraction of sp³-hybridized carbons (Fsp3) is 0.885. The molecular formula is C52H99NO5. The van der Waals surface area contributed by atoms with Crippen molar-refractivity contribution in [1.29, 1.82) is 0 Å². The fourth-order valence-corrected chi connectivity index (χ4v) is 7.74. The summed E-state index contributed by atoms with van der Waals surface area (Å²) in [6.07, 6.45) is 56.0. The molecule has 0 aromatic rings. The summed E-state index contributed by atoms with van der Waals surface area (Å²) in [4.78, 5) is 24.4. The van der Waals surface area contributed by atoms with E-state index in [0.29, 0.717) is 19.4 Å². The van der Waals surface area contributed by atoms with Gasteiger partial charge in [-0.05, 0) is 57.8 Å². The van der Waals surface area contributed by atoms with Gasteiger partial charge in [0.15, 0.2) is 0 Å². The number of esters is 1. The summed E-state index contributed by atoms with van der Waals surface area (Å²) in [5.74, 6) is -0.0871. The molecule has 0 bridgehead atoms. The van der Waals surface area contributed by atoms with Crippen LogP contribution in [0.15, 0.2) is 24.3 Å². The predicted octanol–water partition coefficient (Wildman–Crippen LogP) is 15.1. The molecule has 0 aliphatic rings. The second kappa shape index (κ2) is 48.0. The maximum atomic E-state index is 12.4. The average Bonchev–Trinajstić information content (AvgIpc) is 3.22. The molecule has 0 fully saturated rings. The summed E-state index contributed by atoms with van der Waals surface area (Å²) < 4.78 is 5.46. The molecule has 2 unspecified atom stereocenters. The van der Waals surface area contributed by atoms with Crippen LogP contribution in [0.5, 0.6) is 0 Å². The Bertz CT molecular complexity index is 904. The van der Waals surface area contributed by atoms with Crippen molar-refractivity contribution < 1.29 is 24.5 Å². The molecule has 6 nitrogen and oxygen atoms in total. The highest BCUT2D eigenvalue weighted by molar-refractivity contribution is 5.76. The Morgan fingerprint density at radius 2 is 0.810 bits per heavy atom. The van der Waals surface area contributed by atoms with Gasteiger partial charge in [0.1, 0.15) is 0 Å². The van der Waals surface area contributed by atoms with E-state index in [1.54, 1.807) is 6.08 Å². The first-order valence-electron chi connectivity index (χ1n) is 25.6. The van der Waals surface area contributed by atoms with Crippen LogP contribution in [0.25, 0.3) is 0 Å². The number of unbranched alkanes of at least 4 members (excludes halogenated alkanes) is 34. The van der Waals surface area contributed by atoms with Crippen molar-refractivity contribution in [2.24, 2.45) is 0 Å². The molecule has 0 aromatic carbocycles. The Labute approximate surface area is 361 Å². The maximum Gasteiger partial charge on any atom is 0.305 e. The third-order valence-corrected chi connectivity index (χ3v) is 11.7. The van der Waals surface area contributed by atoms with Crippen LogP contribution in [0.1, 0.15) is 271 Å². The maximum absolute atomic E-state index is 12.4. The standard InChI is InChI=1S/C52H99NO5/c1-3-5-7-9-11-13-15-17-22-26-30-34-38-42-46-52(57)58-47-43-39-35-31-27-23-20-18-19-21-25-29-33-37-41-45-51(56)53-49(48-54)50(55)44-40-36-32-28-24-16-14-12-10-8-6-4-2/h15,17,40,44,49-50,54-55H,3-14,16,18-39,41-43,45-48H2,1-2H3,(H,53,56)/b17-15-,44-40+. The molecule has 0 rings (SSSR count). The van der Waals surface area contributed by atoms with Crippen molar-refractivity contribution in [3.63, 3.8) is 0 Å². The number of allylic oxidation sites excluding steroid dienone is 3. The number of carbonyl (C=O) groups is 2. The van der Waals surface area contributed by atoms with Gasteiger partial charge in [-0.25, -0.2) is 0 Å². The summed E-state index contributed by atoms with van der Waals surface area (Å²) >= 11 is 0. The number of hydrogen-bond donors (Lipinski definition) is 3. The minimum absolute atomic E-state index is 0.00944. The van der Waals surface area contributed by atoms with Gasteiger partial charge in [-0.3, -0.25) is 9.59 Å². The van der Waals surface area contributed by atoms with Crippen LogP contribution in [0.2, 0.25) is 0 Å². The van der Waals surface area contributed by atoms with Crippen molar-refractivity contribution in [3.05, 3.63) is 24.3 Å². The lowest BCUT2D eigenvalue weighted by Crippen LogP contribution is -2.45. The number of amides is 1. The van der Waals surface area contributed by atoms with Crippen molar-refractivity contribution in [3.8, 4) is 0 Å². The Morgan fingerprint density at radius 3 is 1.22 bits per heavy atom. The van der Waals surface area contributed by atoms with E-state index in [2.05, 4.69) is 31.3 Å². The first-order chi connectivity index (χ1) is 28.5. The van der Waals surface area contributed by atoms with E-state index in [4.69, 9.17) is 4.74 Å². The highest BCUT2D eigenvalue weighted by Crippen LogP contribution is 2.16. The minimum atomic E-state index is -0.848. The van der Waals surface area contributed by atoms with Gasteiger partial charge >= 0.3 is 5.97 Å². The fourth-order valence-electron chi connectivity index (χ4n) is 7.74.